The Morgan fingerprint density at radius 1 is 1.07 bits per heavy atom. The second-order valence-electron chi connectivity index (χ2n) is 2.31. The molecule has 0 amide bonds. The lowest BCUT2D eigenvalue weighted by molar-refractivity contribution is 0.205. The van der Waals surface area contributed by atoms with E-state index in [4.69, 9.17) is 9.05 Å². The molecule has 0 aliphatic heterocycles. The highest BCUT2D eigenvalue weighted by molar-refractivity contribution is 7.33. The van der Waals surface area contributed by atoms with E-state index in [0.29, 0.717) is 13.1 Å². The van der Waals surface area contributed by atoms with Crippen LogP contribution in [0.5, 0.6) is 0 Å². The number of nitrogens with one attached hydrogen (secondary N) is 2. The van der Waals surface area contributed by atoms with Crippen molar-refractivity contribution in [2.45, 2.75) is 0 Å². The van der Waals surface area contributed by atoms with Crippen LogP contribution in [0.2, 0.25) is 0 Å². The number of rotatable bonds is 10. The molecule has 0 aromatic rings. The fourth-order valence-corrected chi connectivity index (χ4v) is 1.11. The van der Waals surface area contributed by atoms with Crippen LogP contribution in [-0.4, -0.2) is 26.6 Å². The zero-order valence-electron chi connectivity index (χ0n) is 8.12. The lowest BCUT2D eigenvalue weighted by atomic mass is 10.6. The minimum Gasteiger partial charge on any atom is -0.295 e. The van der Waals surface area contributed by atoms with Crippen LogP contribution in [0.1, 0.15) is 0 Å². The zero-order chi connectivity index (χ0) is 10.6. The van der Waals surface area contributed by atoms with Crippen molar-refractivity contribution in [1.82, 2.24) is 10.6 Å². The lowest BCUT2D eigenvalue weighted by Crippen LogP contribution is -2.17. The fraction of sp³-hybridized carbons (Fsp3) is 0.500. The van der Waals surface area contributed by atoms with Gasteiger partial charge in [-0.15, -0.1) is 13.2 Å². The van der Waals surface area contributed by atoms with E-state index in [1.54, 1.807) is 12.2 Å². The molecule has 0 unspecified atom stereocenters. The predicted octanol–water partition coefficient (Wildman–Crippen LogP) is 0.875. The van der Waals surface area contributed by atoms with E-state index >= 15 is 0 Å². The van der Waals surface area contributed by atoms with Gasteiger partial charge in [-0.25, -0.2) is 0 Å². The molecule has 0 rings (SSSR count). The Balaban J connectivity index is 3.19. The molecule has 0 saturated carbocycles. The summed E-state index contributed by atoms with van der Waals surface area (Å²) in [6, 6.07) is 0. The van der Waals surface area contributed by atoms with Gasteiger partial charge in [0, 0.05) is 13.1 Å². The Bertz CT molecular complexity index is 169. The van der Waals surface area contributed by atoms with Crippen LogP contribution in [0, 0.1) is 0 Å². The summed E-state index contributed by atoms with van der Waals surface area (Å²) in [7, 11) is -2.39. The molecular formula is C8H17N2O3P. The third kappa shape index (κ3) is 9.64. The first kappa shape index (κ1) is 13.5. The highest BCUT2D eigenvalue weighted by Gasteiger charge is 1.96. The summed E-state index contributed by atoms with van der Waals surface area (Å²) in [5.74, 6) is 0. The Morgan fingerprint density at radius 3 is 1.86 bits per heavy atom. The maximum atomic E-state index is 11.0. The molecule has 0 bridgehead atoms. The molecule has 0 heterocycles. The normalized spacial score (nSPS) is 10.4. The van der Waals surface area contributed by atoms with Crippen LogP contribution < -0.4 is 10.6 Å². The maximum Gasteiger partial charge on any atom is 0.321 e. The van der Waals surface area contributed by atoms with Gasteiger partial charge in [0.15, 0.2) is 0 Å². The molecular weight excluding hydrogens is 203 g/mol. The van der Waals surface area contributed by atoms with Crippen LogP contribution in [0.15, 0.2) is 25.3 Å². The number of hydrogen-bond acceptors (Lipinski definition) is 5. The second-order valence-corrected chi connectivity index (χ2v) is 3.39. The standard InChI is InChI=1S/C8H17N2O3P/c1-3-5-9-7-12-14(11)13-8-10-6-4-2/h3-4,9-10,14H,1-2,5-8H2. The average molecular weight is 220 g/mol. The minimum atomic E-state index is -2.39. The average Bonchev–Trinajstić information content (AvgIpc) is 2.19. The number of hydrogen-bond donors (Lipinski definition) is 2. The second kappa shape index (κ2) is 10.6. The molecule has 0 fully saturated rings. The molecule has 0 aromatic heterocycles. The molecule has 0 aliphatic carbocycles. The first-order chi connectivity index (χ1) is 6.81. The summed E-state index contributed by atoms with van der Waals surface area (Å²) in [5.41, 5.74) is 0. The van der Waals surface area contributed by atoms with Crippen LogP contribution in [0.25, 0.3) is 0 Å². The molecule has 14 heavy (non-hydrogen) atoms. The van der Waals surface area contributed by atoms with Gasteiger partial charge >= 0.3 is 8.25 Å². The van der Waals surface area contributed by atoms with Gasteiger partial charge in [-0.2, -0.15) is 0 Å². The van der Waals surface area contributed by atoms with Gasteiger partial charge in [-0.3, -0.25) is 24.2 Å². The summed E-state index contributed by atoms with van der Waals surface area (Å²) in [6.45, 7) is 8.65. The molecule has 0 aromatic carbocycles. The molecule has 6 heteroatoms. The van der Waals surface area contributed by atoms with Crippen molar-refractivity contribution in [3.63, 3.8) is 0 Å². The minimum absolute atomic E-state index is 0.200. The summed E-state index contributed by atoms with van der Waals surface area (Å²) in [6.07, 6.45) is 3.38. The van der Waals surface area contributed by atoms with Gasteiger partial charge < -0.3 is 0 Å². The Labute approximate surface area is 85.1 Å². The highest BCUT2D eigenvalue weighted by Crippen LogP contribution is 2.21. The van der Waals surface area contributed by atoms with Crippen LogP contribution in [0.4, 0.5) is 0 Å². The van der Waals surface area contributed by atoms with Gasteiger partial charge in [-0.1, -0.05) is 12.2 Å². The zero-order valence-corrected chi connectivity index (χ0v) is 9.12. The van der Waals surface area contributed by atoms with E-state index in [2.05, 4.69) is 23.8 Å². The Hall–Kier alpha value is -0.450. The van der Waals surface area contributed by atoms with E-state index < -0.39 is 8.25 Å². The summed E-state index contributed by atoms with van der Waals surface area (Å²) < 4.78 is 20.6. The third-order valence-corrected chi connectivity index (χ3v) is 1.92. The van der Waals surface area contributed by atoms with Crippen molar-refractivity contribution in [2.75, 3.05) is 26.6 Å². The molecule has 0 spiro atoms. The van der Waals surface area contributed by atoms with Gasteiger partial charge in [-0.05, 0) is 0 Å². The highest BCUT2D eigenvalue weighted by atomic mass is 31.1. The molecule has 82 valence electrons. The molecule has 0 atom stereocenters. The van der Waals surface area contributed by atoms with Gasteiger partial charge in [0.25, 0.3) is 0 Å². The maximum absolute atomic E-state index is 11.0. The van der Waals surface area contributed by atoms with Crippen LogP contribution >= 0.6 is 8.25 Å². The topological polar surface area (TPSA) is 59.6 Å². The van der Waals surface area contributed by atoms with E-state index in [9.17, 15) is 4.57 Å². The van der Waals surface area contributed by atoms with E-state index in [1.165, 1.54) is 0 Å². The third-order valence-electron chi connectivity index (χ3n) is 1.16. The molecule has 0 radical (unpaired) electrons. The SMILES string of the molecule is C=CCNCO[PH](=O)OCNCC=C. The Kier molecular flexibility index (Phi) is 10.3. The van der Waals surface area contributed by atoms with Gasteiger partial charge in [0.2, 0.25) is 0 Å². The largest absolute Gasteiger partial charge is 0.321 e. The van der Waals surface area contributed by atoms with Gasteiger partial charge in [0.1, 0.15) is 13.5 Å². The first-order valence-corrected chi connectivity index (χ1v) is 5.46. The van der Waals surface area contributed by atoms with Crippen molar-refractivity contribution < 1.29 is 13.6 Å². The van der Waals surface area contributed by atoms with Crippen molar-refractivity contribution in [1.29, 1.82) is 0 Å². The fourth-order valence-electron chi connectivity index (χ4n) is 0.584. The van der Waals surface area contributed by atoms with E-state index in [-0.39, 0.29) is 13.5 Å². The summed E-state index contributed by atoms with van der Waals surface area (Å²) in [5, 5.41) is 5.67. The van der Waals surface area contributed by atoms with Crippen molar-refractivity contribution in [3.8, 4) is 0 Å². The quantitative estimate of drug-likeness (QED) is 0.248. The van der Waals surface area contributed by atoms with Gasteiger partial charge in [0.05, 0.1) is 0 Å². The monoisotopic (exact) mass is 220 g/mol. The summed E-state index contributed by atoms with van der Waals surface area (Å²) in [4.78, 5) is 0. The van der Waals surface area contributed by atoms with Crippen LogP contribution in [-0.2, 0) is 13.6 Å². The summed E-state index contributed by atoms with van der Waals surface area (Å²) >= 11 is 0. The first-order valence-electron chi connectivity index (χ1n) is 4.24. The van der Waals surface area contributed by atoms with Crippen molar-refractivity contribution >= 4 is 8.25 Å². The van der Waals surface area contributed by atoms with E-state index in [1.807, 2.05) is 0 Å². The predicted molar refractivity (Wildman–Crippen MR) is 57.3 cm³/mol. The van der Waals surface area contributed by atoms with Crippen molar-refractivity contribution in [2.24, 2.45) is 0 Å². The van der Waals surface area contributed by atoms with Crippen molar-refractivity contribution in [3.05, 3.63) is 25.3 Å². The van der Waals surface area contributed by atoms with E-state index in [0.717, 1.165) is 0 Å². The lowest BCUT2D eigenvalue weighted by Gasteiger charge is -2.05. The molecule has 2 N–H and O–H groups in total. The molecule has 5 nitrogen and oxygen atoms in total. The van der Waals surface area contributed by atoms with Crippen LogP contribution in [0.3, 0.4) is 0 Å². The smallest absolute Gasteiger partial charge is 0.295 e. The Morgan fingerprint density at radius 2 is 1.50 bits per heavy atom. The molecule has 0 saturated heterocycles. The molecule has 0 aliphatic rings.